The van der Waals surface area contributed by atoms with Crippen molar-refractivity contribution in [2.45, 2.75) is 19.8 Å². The van der Waals surface area contributed by atoms with Crippen LogP contribution in [0.1, 0.15) is 18.9 Å². The molecule has 27 heavy (non-hydrogen) atoms. The second-order valence-electron chi connectivity index (χ2n) is 5.76. The second kappa shape index (κ2) is 9.94. The first-order chi connectivity index (χ1) is 12.9. The Hall–Kier alpha value is -2.57. The molecule has 6 nitrogen and oxygen atoms in total. The van der Waals surface area contributed by atoms with E-state index >= 15 is 0 Å². The van der Waals surface area contributed by atoms with E-state index in [-0.39, 0.29) is 24.7 Å². The van der Waals surface area contributed by atoms with Gasteiger partial charge in [0.25, 0.3) is 0 Å². The van der Waals surface area contributed by atoms with Crippen LogP contribution in [0.15, 0.2) is 47.6 Å². The molecule has 0 fully saturated rings. The van der Waals surface area contributed by atoms with Crippen molar-refractivity contribution in [2.75, 3.05) is 12.4 Å². The Balaban J connectivity index is 1.82. The summed E-state index contributed by atoms with van der Waals surface area (Å²) in [5.41, 5.74) is 4.28. The number of carbonyl (C=O) groups excluding carboxylic acids is 2. The van der Waals surface area contributed by atoms with Gasteiger partial charge in [0.2, 0.25) is 11.8 Å². The highest BCUT2D eigenvalue weighted by atomic mass is 35.5. The maximum Gasteiger partial charge on any atom is 0.244 e. The summed E-state index contributed by atoms with van der Waals surface area (Å²) >= 11 is 11.7. The number of methoxy groups -OCH3 is 1. The van der Waals surface area contributed by atoms with Crippen molar-refractivity contribution in [2.24, 2.45) is 5.10 Å². The lowest BCUT2D eigenvalue weighted by Crippen LogP contribution is -2.22. The molecule has 142 valence electrons. The molecule has 0 aliphatic heterocycles. The summed E-state index contributed by atoms with van der Waals surface area (Å²) in [4.78, 5) is 24.0. The third kappa shape index (κ3) is 6.92. The lowest BCUT2D eigenvalue weighted by molar-refractivity contribution is -0.120. The molecule has 2 N–H and O–H groups in total. The number of hydrazone groups is 1. The number of ether oxygens (including phenoxy) is 1. The van der Waals surface area contributed by atoms with Crippen LogP contribution >= 0.6 is 23.2 Å². The number of nitrogens with one attached hydrogen (secondary N) is 2. The van der Waals surface area contributed by atoms with Crippen LogP contribution in [0.3, 0.4) is 0 Å². The van der Waals surface area contributed by atoms with Gasteiger partial charge in [-0.15, -0.1) is 0 Å². The number of benzene rings is 2. The standard InChI is InChI=1S/C19H19Cl2N3O3/c1-12(9-18(25)22-14-5-8-16(20)17(21)11-14)23-24-19(26)10-13-3-6-15(27-2)7-4-13/h3-8,11H,9-10H2,1-2H3,(H,22,25)(H,24,26)/b23-12+. The first-order valence-electron chi connectivity index (χ1n) is 8.07. The van der Waals surface area contributed by atoms with Gasteiger partial charge >= 0.3 is 0 Å². The normalized spacial score (nSPS) is 11.0. The quantitative estimate of drug-likeness (QED) is 0.536. The van der Waals surface area contributed by atoms with Gasteiger partial charge < -0.3 is 10.1 Å². The Morgan fingerprint density at radius 3 is 2.37 bits per heavy atom. The van der Waals surface area contributed by atoms with Gasteiger partial charge in [-0.1, -0.05) is 35.3 Å². The van der Waals surface area contributed by atoms with Gasteiger partial charge in [-0.25, -0.2) is 5.43 Å². The number of amides is 2. The van der Waals surface area contributed by atoms with Crippen LogP contribution in [0.25, 0.3) is 0 Å². The van der Waals surface area contributed by atoms with E-state index in [0.29, 0.717) is 21.4 Å². The molecular formula is C19H19Cl2N3O3. The van der Waals surface area contributed by atoms with E-state index in [1.165, 1.54) is 0 Å². The second-order valence-corrected chi connectivity index (χ2v) is 6.58. The van der Waals surface area contributed by atoms with Crippen LogP contribution in [0.2, 0.25) is 10.0 Å². The molecule has 2 amide bonds. The van der Waals surface area contributed by atoms with Gasteiger partial charge in [0.05, 0.1) is 30.0 Å². The maximum absolute atomic E-state index is 12.0. The largest absolute Gasteiger partial charge is 0.497 e. The molecule has 2 aromatic rings. The highest BCUT2D eigenvalue weighted by molar-refractivity contribution is 6.42. The highest BCUT2D eigenvalue weighted by Gasteiger charge is 2.08. The van der Waals surface area contributed by atoms with Crippen molar-refractivity contribution in [1.82, 2.24) is 5.43 Å². The summed E-state index contributed by atoms with van der Waals surface area (Å²) in [6, 6.07) is 12.0. The molecule has 0 radical (unpaired) electrons. The lowest BCUT2D eigenvalue weighted by Gasteiger charge is -2.07. The average molecular weight is 408 g/mol. The molecule has 0 atom stereocenters. The van der Waals surface area contributed by atoms with E-state index in [2.05, 4.69) is 15.8 Å². The van der Waals surface area contributed by atoms with Crippen LogP contribution in [0.4, 0.5) is 5.69 Å². The third-order valence-electron chi connectivity index (χ3n) is 3.51. The molecule has 2 rings (SSSR count). The van der Waals surface area contributed by atoms with Crippen molar-refractivity contribution >= 4 is 46.4 Å². The molecule has 2 aromatic carbocycles. The fraction of sp³-hybridized carbons (Fsp3) is 0.211. The molecule has 0 bridgehead atoms. The van der Waals surface area contributed by atoms with Crippen LogP contribution in [-0.2, 0) is 16.0 Å². The van der Waals surface area contributed by atoms with E-state index in [1.807, 2.05) is 0 Å². The molecule has 0 heterocycles. The maximum atomic E-state index is 12.0. The third-order valence-corrected chi connectivity index (χ3v) is 4.25. The monoisotopic (exact) mass is 407 g/mol. The van der Waals surface area contributed by atoms with E-state index < -0.39 is 0 Å². The summed E-state index contributed by atoms with van der Waals surface area (Å²) in [5.74, 6) is 0.171. The predicted octanol–water partition coefficient (Wildman–Crippen LogP) is 4.07. The minimum absolute atomic E-state index is 0.0308. The van der Waals surface area contributed by atoms with Crippen LogP contribution in [-0.4, -0.2) is 24.6 Å². The fourth-order valence-corrected chi connectivity index (χ4v) is 2.48. The number of carbonyl (C=O) groups is 2. The minimum Gasteiger partial charge on any atom is -0.497 e. The Bertz CT molecular complexity index is 852. The van der Waals surface area contributed by atoms with Crippen molar-refractivity contribution in [1.29, 1.82) is 0 Å². The number of anilines is 1. The number of halogens is 2. The van der Waals surface area contributed by atoms with E-state index in [4.69, 9.17) is 27.9 Å². The Morgan fingerprint density at radius 2 is 1.74 bits per heavy atom. The van der Waals surface area contributed by atoms with Gasteiger partial charge in [0, 0.05) is 11.4 Å². The highest BCUT2D eigenvalue weighted by Crippen LogP contribution is 2.25. The SMILES string of the molecule is COc1ccc(CC(=O)N/N=C(\C)CC(=O)Nc2ccc(Cl)c(Cl)c2)cc1. The molecule has 0 aromatic heterocycles. The Labute approximate surface area is 167 Å². The van der Waals surface area contributed by atoms with Gasteiger partial charge in [0.15, 0.2) is 0 Å². The van der Waals surface area contributed by atoms with Crippen LogP contribution in [0, 0.1) is 0 Å². The van der Waals surface area contributed by atoms with E-state index in [0.717, 1.165) is 11.3 Å². The van der Waals surface area contributed by atoms with Crippen LogP contribution in [0.5, 0.6) is 5.75 Å². The number of rotatable bonds is 7. The summed E-state index contributed by atoms with van der Waals surface area (Å²) < 4.78 is 5.07. The van der Waals surface area contributed by atoms with Crippen molar-refractivity contribution < 1.29 is 14.3 Å². The van der Waals surface area contributed by atoms with Gasteiger partial charge in [0.1, 0.15) is 5.75 Å². The fourth-order valence-electron chi connectivity index (χ4n) is 2.18. The molecule has 0 aliphatic carbocycles. The zero-order valence-corrected chi connectivity index (χ0v) is 16.4. The Kier molecular flexibility index (Phi) is 7.64. The van der Waals surface area contributed by atoms with Gasteiger partial charge in [-0.2, -0.15) is 5.10 Å². The molecule has 0 spiro atoms. The topological polar surface area (TPSA) is 79.8 Å². The van der Waals surface area contributed by atoms with E-state index in [1.54, 1.807) is 56.5 Å². The van der Waals surface area contributed by atoms with Crippen LogP contribution < -0.4 is 15.5 Å². The van der Waals surface area contributed by atoms with E-state index in [9.17, 15) is 9.59 Å². The van der Waals surface area contributed by atoms with Gasteiger partial charge in [-0.05, 0) is 42.8 Å². The van der Waals surface area contributed by atoms with Crippen molar-refractivity contribution in [3.8, 4) is 5.75 Å². The Morgan fingerprint density at radius 1 is 1.04 bits per heavy atom. The number of nitrogens with zero attached hydrogens (tertiary/aromatic N) is 1. The number of hydrogen-bond donors (Lipinski definition) is 2. The first kappa shape index (κ1) is 20.7. The summed E-state index contributed by atoms with van der Waals surface area (Å²) in [6.07, 6.45) is 0.208. The summed E-state index contributed by atoms with van der Waals surface area (Å²) in [5, 5.41) is 7.41. The molecular weight excluding hydrogens is 389 g/mol. The average Bonchev–Trinajstić information content (AvgIpc) is 2.63. The summed E-state index contributed by atoms with van der Waals surface area (Å²) in [6.45, 7) is 1.65. The lowest BCUT2D eigenvalue weighted by atomic mass is 10.1. The summed E-state index contributed by atoms with van der Waals surface area (Å²) in [7, 11) is 1.58. The molecule has 0 saturated carbocycles. The molecule has 8 heteroatoms. The molecule has 0 aliphatic rings. The first-order valence-corrected chi connectivity index (χ1v) is 8.83. The number of hydrogen-bond acceptors (Lipinski definition) is 4. The smallest absolute Gasteiger partial charge is 0.244 e. The van der Waals surface area contributed by atoms with Gasteiger partial charge in [-0.3, -0.25) is 9.59 Å². The van der Waals surface area contributed by atoms with Crippen molar-refractivity contribution in [3.63, 3.8) is 0 Å². The zero-order chi connectivity index (χ0) is 19.8. The molecule has 0 saturated heterocycles. The predicted molar refractivity (Wildman–Crippen MR) is 108 cm³/mol. The minimum atomic E-state index is -0.279. The molecule has 0 unspecified atom stereocenters. The van der Waals surface area contributed by atoms with Crippen molar-refractivity contribution in [3.05, 3.63) is 58.1 Å². The zero-order valence-electron chi connectivity index (χ0n) is 14.9.